The van der Waals surface area contributed by atoms with Gasteiger partial charge in [-0.15, -0.1) is 0 Å². The second kappa shape index (κ2) is 4.45. The van der Waals surface area contributed by atoms with Crippen LogP contribution in [-0.4, -0.2) is 16.5 Å². The van der Waals surface area contributed by atoms with Crippen LogP contribution in [-0.2, 0) is 0 Å². The minimum absolute atomic E-state index is 0.459. The molecule has 0 fully saturated rings. The Labute approximate surface area is 89.7 Å². The van der Waals surface area contributed by atoms with E-state index in [0.717, 1.165) is 36.2 Å². The Morgan fingerprint density at radius 3 is 2.93 bits per heavy atom. The van der Waals surface area contributed by atoms with Gasteiger partial charge >= 0.3 is 0 Å². The number of nitrogens with zero attached hydrogens (tertiary/aromatic N) is 1. The Morgan fingerprint density at radius 2 is 2.20 bits per heavy atom. The number of hydrogen-bond acceptors (Lipinski definition) is 2. The normalized spacial score (nSPS) is 13.2. The van der Waals surface area contributed by atoms with Crippen molar-refractivity contribution in [1.29, 1.82) is 0 Å². The first-order chi connectivity index (χ1) is 7.31. The maximum atomic E-state index is 5.50. The summed E-state index contributed by atoms with van der Waals surface area (Å²) >= 11 is 0. The molecule has 0 amide bonds. The fraction of sp³-hybridized carbons (Fsp3) is 0.417. The minimum atomic E-state index is 0.459. The highest BCUT2D eigenvalue weighted by Crippen LogP contribution is 2.20. The summed E-state index contributed by atoms with van der Waals surface area (Å²) in [5.41, 5.74) is 7.67. The molecule has 1 unspecified atom stereocenters. The van der Waals surface area contributed by atoms with Crippen molar-refractivity contribution in [3.8, 4) is 0 Å². The number of nitrogens with one attached hydrogen (secondary N) is 1. The molecule has 15 heavy (non-hydrogen) atoms. The lowest BCUT2D eigenvalue weighted by Gasteiger charge is -2.06. The van der Waals surface area contributed by atoms with Crippen LogP contribution in [0.2, 0.25) is 0 Å². The zero-order chi connectivity index (χ0) is 10.7. The average Bonchev–Trinajstić information content (AvgIpc) is 2.69. The number of aromatic amines is 1. The van der Waals surface area contributed by atoms with Crippen LogP contribution in [0.3, 0.4) is 0 Å². The van der Waals surface area contributed by atoms with Crippen LogP contribution in [0.5, 0.6) is 0 Å². The Hall–Kier alpha value is -1.35. The largest absolute Gasteiger partial charge is 0.342 e. The van der Waals surface area contributed by atoms with E-state index in [-0.39, 0.29) is 0 Å². The molecule has 0 aliphatic rings. The molecule has 0 aliphatic heterocycles. The lowest BCUT2D eigenvalue weighted by molar-refractivity contribution is 0.616. The first kappa shape index (κ1) is 10.2. The van der Waals surface area contributed by atoms with Crippen LogP contribution in [0.25, 0.3) is 11.0 Å². The van der Waals surface area contributed by atoms with E-state index in [1.807, 2.05) is 18.2 Å². The SMILES string of the molecule is CC(CCCN)c1nc2ccccc2[nH]1. The summed E-state index contributed by atoms with van der Waals surface area (Å²) in [6.07, 6.45) is 2.15. The van der Waals surface area contributed by atoms with E-state index in [0.29, 0.717) is 5.92 Å². The Balaban J connectivity index is 2.20. The molecule has 2 aromatic rings. The van der Waals surface area contributed by atoms with Gasteiger partial charge in [0.15, 0.2) is 0 Å². The highest BCUT2D eigenvalue weighted by Gasteiger charge is 2.09. The molecule has 1 aromatic heterocycles. The number of rotatable bonds is 4. The van der Waals surface area contributed by atoms with Crippen molar-refractivity contribution in [2.45, 2.75) is 25.7 Å². The third-order valence-corrected chi connectivity index (χ3v) is 2.72. The van der Waals surface area contributed by atoms with Gasteiger partial charge in [0.25, 0.3) is 0 Å². The minimum Gasteiger partial charge on any atom is -0.342 e. The lowest BCUT2D eigenvalue weighted by atomic mass is 10.1. The predicted octanol–water partition coefficient (Wildman–Crippen LogP) is 2.41. The van der Waals surface area contributed by atoms with E-state index in [2.05, 4.69) is 23.0 Å². The van der Waals surface area contributed by atoms with Gasteiger partial charge in [0.2, 0.25) is 0 Å². The number of aromatic nitrogens is 2. The standard InChI is InChI=1S/C12H17N3/c1-9(5-4-8-13)12-14-10-6-2-3-7-11(10)15-12/h2-3,6-7,9H,4-5,8,13H2,1H3,(H,14,15). The van der Waals surface area contributed by atoms with Crippen molar-refractivity contribution in [2.24, 2.45) is 5.73 Å². The van der Waals surface area contributed by atoms with E-state index < -0.39 is 0 Å². The first-order valence-electron chi connectivity index (χ1n) is 5.46. The van der Waals surface area contributed by atoms with Crippen LogP contribution < -0.4 is 5.73 Å². The van der Waals surface area contributed by atoms with E-state index >= 15 is 0 Å². The van der Waals surface area contributed by atoms with Crippen LogP contribution >= 0.6 is 0 Å². The number of benzene rings is 1. The molecule has 1 heterocycles. The molecule has 1 aromatic carbocycles. The maximum Gasteiger partial charge on any atom is 0.110 e. The van der Waals surface area contributed by atoms with Crippen LogP contribution in [0.1, 0.15) is 31.5 Å². The van der Waals surface area contributed by atoms with Crippen LogP contribution in [0.15, 0.2) is 24.3 Å². The fourth-order valence-corrected chi connectivity index (χ4v) is 1.77. The van der Waals surface area contributed by atoms with E-state index in [4.69, 9.17) is 5.73 Å². The van der Waals surface area contributed by atoms with E-state index in [1.165, 1.54) is 0 Å². The van der Waals surface area contributed by atoms with Crippen LogP contribution in [0.4, 0.5) is 0 Å². The average molecular weight is 203 g/mol. The second-order valence-corrected chi connectivity index (χ2v) is 3.97. The van der Waals surface area contributed by atoms with Crippen LogP contribution in [0, 0.1) is 0 Å². The molecule has 0 bridgehead atoms. The number of fused-ring (bicyclic) bond motifs is 1. The predicted molar refractivity (Wildman–Crippen MR) is 62.8 cm³/mol. The summed E-state index contributed by atoms with van der Waals surface area (Å²) in [5.74, 6) is 1.53. The Morgan fingerprint density at radius 1 is 1.40 bits per heavy atom. The molecule has 2 rings (SSSR count). The Bertz CT molecular complexity index is 400. The van der Waals surface area contributed by atoms with Gasteiger partial charge < -0.3 is 10.7 Å². The quantitative estimate of drug-likeness (QED) is 0.801. The zero-order valence-electron chi connectivity index (χ0n) is 9.03. The van der Waals surface area contributed by atoms with Crippen molar-refractivity contribution in [2.75, 3.05) is 6.54 Å². The van der Waals surface area contributed by atoms with Crippen molar-refractivity contribution < 1.29 is 0 Å². The maximum absolute atomic E-state index is 5.50. The summed E-state index contributed by atoms with van der Waals surface area (Å²) in [5, 5.41) is 0. The van der Waals surface area contributed by atoms with Crippen molar-refractivity contribution in [3.05, 3.63) is 30.1 Å². The van der Waals surface area contributed by atoms with E-state index in [1.54, 1.807) is 0 Å². The van der Waals surface area contributed by atoms with E-state index in [9.17, 15) is 0 Å². The fourth-order valence-electron chi connectivity index (χ4n) is 1.77. The molecule has 1 atom stereocenters. The smallest absolute Gasteiger partial charge is 0.110 e. The summed E-state index contributed by atoms with van der Waals surface area (Å²) in [4.78, 5) is 7.92. The van der Waals surface area contributed by atoms with Crippen molar-refractivity contribution in [1.82, 2.24) is 9.97 Å². The van der Waals surface area contributed by atoms with Gasteiger partial charge in [-0.05, 0) is 31.5 Å². The molecule has 3 nitrogen and oxygen atoms in total. The number of hydrogen-bond donors (Lipinski definition) is 2. The summed E-state index contributed by atoms with van der Waals surface area (Å²) in [7, 11) is 0. The molecule has 80 valence electrons. The highest BCUT2D eigenvalue weighted by molar-refractivity contribution is 5.74. The Kier molecular flexibility index (Phi) is 3.02. The van der Waals surface area contributed by atoms with Gasteiger partial charge in [-0.3, -0.25) is 0 Å². The van der Waals surface area contributed by atoms with Crippen molar-refractivity contribution in [3.63, 3.8) is 0 Å². The molecule has 3 heteroatoms. The molecule has 0 aliphatic carbocycles. The van der Waals surface area contributed by atoms with Gasteiger partial charge in [-0.25, -0.2) is 4.98 Å². The van der Waals surface area contributed by atoms with Gasteiger partial charge in [0, 0.05) is 5.92 Å². The van der Waals surface area contributed by atoms with Gasteiger partial charge in [0.05, 0.1) is 11.0 Å². The molecule has 3 N–H and O–H groups in total. The third kappa shape index (κ3) is 2.18. The zero-order valence-corrected chi connectivity index (χ0v) is 9.03. The molecular formula is C12H17N3. The third-order valence-electron chi connectivity index (χ3n) is 2.72. The van der Waals surface area contributed by atoms with Gasteiger partial charge in [-0.2, -0.15) is 0 Å². The number of H-pyrrole nitrogens is 1. The highest BCUT2D eigenvalue weighted by atomic mass is 14.9. The second-order valence-electron chi connectivity index (χ2n) is 3.97. The summed E-state index contributed by atoms with van der Waals surface area (Å²) in [6.45, 7) is 2.94. The molecule has 0 radical (unpaired) electrons. The summed E-state index contributed by atoms with van der Waals surface area (Å²) in [6, 6.07) is 8.12. The van der Waals surface area contributed by atoms with Crippen molar-refractivity contribution >= 4 is 11.0 Å². The first-order valence-corrected chi connectivity index (χ1v) is 5.46. The molecular weight excluding hydrogens is 186 g/mol. The van der Waals surface area contributed by atoms with Gasteiger partial charge in [0.1, 0.15) is 5.82 Å². The molecule has 0 saturated heterocycles. The molecule has 0 saturated carbocycles. The topological polar surface area (TPSA) is 54.7 Å². The monoisotopic (exact) mass is 203 g/mol. The number of nitrogens with two attached hydrogens (primary N) is 1. The number of para-hydroxylation sites is 2. The molecule has 0 spiro atoms. The lowest BCUT2D eigenvalue weighted by Crippen LogP contribution is -2.02. The van der Waals surface area contributed by atoms with Gasteiger partial charge in [-0.1, -0.05) is 19.1 Å². The number of imidazole rings is 1. The summed E-state index contributed by atoms with van der Waals surface area (Å²) < 4.78 is 0.